The minimum Gasteiger partial charge on any atom is -0.332 e. The van der Waals surface area contributed by atoms with Gasteiger partial charge in [0.2, 0.25) is 0 Å². The van der Waals surface area contributed by atoms with Crippen molar-refractivity contribution in [3.63, 3.8) is 0 Å². The van der Waals surface area contributed by atoms with Crippen LogP contribution < -0.4 is 10.6 Å². The van der Waals surface area contributed by atoms with Crippen molar-refractivity contribution in [3.05, 3.63) is 58.1 Å². The van der Waals surface area contributed by atoms with Crippen LogP contribution in [0, 0.1) is 6.92 Å². The first-order valence-corrected chi connectivity index (χ1v) is 7.47. The van der Waals surface area contributed by atoms with Gasteiger partial charge in [-0.1, -0.05) is 12.1 Å². The van der Waals surface area contributed by atoms with E-state index in [1.165, 1.54) is 12.1 Å². The summed E-state index contributed by atoms with van der Waals surface area (Å²) >= 11 is 8.52. The Balaban J connectivity index is 2.09. The average molecular weight is 389 g/mol. The minimum absolute atomic E-state index is 0.212. The molecule has 116 valence electrons. The van der Waals surface area contributed by atoms with E-state index < -0.39 is 11.7 Å². The fraction of sp³-hybridized carbons (Fsp3) is 0.133. The van der Waals surface area contributed by atoms with E-state index in [0.29, 0.717) is 0 Å². The molecular weight excluding hydrogens is 377 g/mol. The van der Waals surface area contributed by atoms with Gasteiger partial charge in [0, 0.05) is 10.2 Å². The molecule has 2 aromatic carbocycles. The number of halogens is 4. The van der Waals surface area contributed by atoms with Crippen molar-refractivity contribution in [1.82, 2.24) is 0 Å². The van der Waals surface area contributed by atoms with Crippen molar-refractivity contribution >= 4 is 44.6 Å². The molecule has 2 nitrogen and oxygen atoms in total. The summed E-state index contributed by atoms with van der Waals surface area (Å²) in [6.07, 6.45) is -4.38. The summed E-state index contributed by atoms with van der Waals surface area (Å²) in [6, 6.07) is 10.5. The van der Waals surface area contributed by atoms with Gasteiger partial charge in [0.25, 0.3) is 0 Å². The molecule has 0 heterocycles. The molecule has 0 saturated heterocycles. The lowest BCUT2D eigenvalue weighted by Gasteiger charge is -2.14. The zero-order valence-corrected chi connectivity index (χ0v) is 13.9. The van der Waals surface area contributed by atoms with Gasteiger partial charge in [-0.05, 0) is 71.0 Å². The van der Waals surface area contributed by atoms with E-state index in [4.69, 9.17) is 12.2 Å². The van der Waals surface area contributed by atoms with Crippen LogP contribution in [0.2, 0.25) is 0 Å². The topological polar surface area (TPSA) is 24.1 Å². The Morgan fingerprint density at radius 2 is 1.82 bits per heavy atom. The quantitative estimate of drug-likeness (QED) is 0.656. The van der Waals surface area contributed by atoms with Gasteiger partial charge in [-0.2, -0.15) is 13.2 Å². The number of benzene rings is 2. The Hall–Kier alpha value is -1.60. The highest BCUT2D eigenvalue weighted by atomic mass is 79.9. The predicted molar refractivity (Wildman–Crippen MR) is 90.2 cm³/mol. The SMILES string of the molecule is Cc1ccc(NC(=S)Nc2cccc(C(F)(F)F)c2)c(Br)c1. The Bertz CT molecular complexity index is 701. The molecule has 2 rings (SSSR count). The van der Waals surface area contributed by atoms with Crippen LogP contribution in [0.4, 0.5) is 24.5 Å². The monoisotopic (exact) mass is 388 g/mol. The summed E-state index contributed by atoms with van der Waals surface area (Å²) in [5.74, 6) is 0. The molecule has 0 aliphatic rings. The molecule has 2 aromatic rings. The van der Waals surface area contributed by atoms with Crippen molar-refractivity contribution in [1.29, 1.82) is 0 Å². The van der Waals surface area contributed by atoms with Crippen LogP contribution in [-0.4, -0.2) is 5.11 Å². The molecular formula is C15H12BrF3N2S. The average Bonchev–Trinajstić information content (AvgIpc) is 2.41. The number of hydrogen-bond donors (Lipinski definition) is 2. The lowest BCUT2D eigenvalue weighted by Crippen LogP contribution is -2.19. The van der Waals surface area contributed by atoms with Crippen LogP contribution >= 0.6 is 28.1 Å². The maximum absolute atomic E-state index is 12.7. The smallest absolute Gasteiger partial charge is 0.332 e. The molecule has 0 aliphatic heterocycles. The van der Waals surface area contributed by atoms with Gasteiger partial charge in [-0.25, -0.2) is 0 Å². The van der Waals surface area contributed by atoms with Crippen molar-refractivity contribution in [2.75, 3.05) is 10.6 Å². The van der Waals surface area contributed by atoms with Crippen LogP contribution in [0.5, 0.6) is 0 Å². The lowest BCUT2D eigenvalue weighted by atomic mass is 10.2. The van der Waals surface area contributed by atoms with Crippen LogP contribution in [0.1, 0.15) is 11.1 Å². The molecule has 0 radical (unpaired) electrons. The Kier molecular flexibility index (Phi) is 5.08. The number of thiocarbonyl (C=S) groups is 1. The number of aryl methyl sites for hydroxylation is 1. The molecule has 0 spiro atoms. The number of anilines is 2. The molecule has 0 aliphatic carbocycles. The van der Waals surface area contributed by atoms with Crippen LogP contribution in [0.15, 0.2) is 46.9 Å². The molecule has 2 N–H and O–H groups in total. The molecule has 0 aromatic heterocycles. The largest absolute Gasteiger partial charge is 0.416 e. The van der Waals surface area contributed by atoms with Crippen molar-refractivity contribution in [2.45, 2.75) is 13.1 Å². The molecule has 0 fully saturated rings. The Morgan fingerprint density at radius 1 is 1.09 bits per heavy atom. The van der Waals surface area contributed by atoms with E-state index in [1.807, 2.05) is 25.1 Å². The van der Waals surface area contributed by atoms with Crippen molar-refractivity contribution in [2.24, 2.45) is 0 Å². The van der Waals surface area contributed by atoms with E-state index in [-0.39, 0.29) is 10.8 Å². The van der Waals surface area contributed by atoms with E-state index >= 15 is 0 Å². The highest BCUT2D eigenvalue weighted by Crippen LogP contribution is 2.30. The Morgan fingerprint density at radius 3 is 2.45 bits per heavy atom. The van der Waals surface area contributed by atoms with Gasteiger partial charge in [-0.3, -0.25) is 0 Å². The second-order valence-corrected chi connectivity index (χ2v) is 5.90. The second kappa shape index (κ2) is 6.66. The van der Waals surface area contributed by atoms with Gasteiger partial charge < -0.3 is 10.6 Å². The zero-order valence-electron chi connectivity index (χ0n) is 11.5. The highest BCUT2D eigenvalue weighted by Gasteiger charge is 2.30. The molecule has 0 unspecified atom stereocenters. The number of hydrogen-bond acceptors (Lipinski definition) is 1. The second-order valence-electron chi connectivity index (χ2n) is 4.64. The molecule has 0 atom stereocenters. The highest BCUT2D eigenvalue weighted by molar-refractivity contribution is 9.10. The first kappa shape index (κ1) is 16.8. The summed E-state index contributed by atoms with van der Waals surface area (Å²) in [5, 5.41) is 5.89. The molecule has 0 amide bonds. The summed E-state index contributed by atoms with van der Waals surface area (Å²) in [5.41, 5.74) is 1.36. The van der Waals surface area contributed by atoms with Gasteiger partial charge >= 0.3 is 6.18 Å². The van der Waals surface area contributed by atoms with Gasteiger partial charge in [0.05, 0.1) is 11.3 Å². The molecule has 7 heteroatoms. The van der Waals surface area contributed by atoms with E-state index in [2.05, 4.69) is 26.6 Å². The van der Waals surface area contributed by atoms with E-state index in [1.54, 1.807) is 0 Å². The number of rotatable bonds is 2. The van der Waals surface area contributed by atoms with Gasteiger partial charge in [0.15, 0.2) is 5.11 Å². The van der Waals surface area contributed by atoms with Crippen LogP contribution in [0.3, 0.4) is 0 Å². The molecule has 22 heavy (non-hydrogen) atoms. The first-order valence-electron chi connectivity index (χ1n) is 6.27. The third kappa shape index (κ3) is 4.45. The van der Waals surface area contributed by atoms with Crippen molar-refractivity contribution < 1.29 is 13.2 Å². The third-order valence-corrected chi connectivity index (χ3v) is 3.68. The van der Waals surface area contributed by atoms with Gasteiger partial charge in [-0.15, -0.1) is 0 Å². The fourth-order valence-corrected chi connectivity index (χ4v) is 2.60. The number of nitrogens with one attached hydrogen (secondary N) is 2. The molecule has 0 saturated carbocycles. The van der Waals surface area contributed by atoms with Crippen molar-refractivity contribution in [3.8, 4) is 0 Å². The maximum atomic E-state index is 12.7. The molecule has 0 bridgehead atoms. The Labute approximate surface area is 139 Å². The fourth-order valence-electron chi connectivity index (χ4n) is 1.78. The van der Waals surface area contributed by atoms with E-state index in [0.717, 1.165) is 27.9 Å². The maximum Gasteiger partial charge on any atom is 0.416 e. The zero-order chi connectivity index (χ0) is 16.3. The first-order chi connectivity index (χ1) is 10.3. The van der Waals surface area contributed by atoms with Crippen LogP contribution in [-0.2, 0) is 6.18 Å². The summed E-state index contributed by atoms with van der Waals surface area (Å²) in [6.45, 7) is 1.95. The normalized spacial score (nSPS) is 11.1. The summed E-state index contributed by atoms with van der Waals surface area (Å²) < 4.78 is 38.8. The summed E-state index contributed by atoms with van der Waals surface area (Å²) in [4.78, 5) is 0. The summed E-state index contributed by atoms with van der Waals surface area (Å²) in [7, 11) is 0. The van der Waals surface area contributed by atoms with Gasteiger partial charge in [0.1, 0.15) is 0 Å². The predicted octanol–water partition coefficient (Wildman–Crippen LogP) is 5.59. The van der Waals surface area contributed by atoms with E-state index in [9.17, 15) is 13.2 Å². The minimum atomic E-state index is -4.38. The standard InChI is InChI=1S/C15H12BrF3N2S/c1-9-5-6-13(12(16)7-9)21-14(22)20-11-4-2-3-10(8-11)15(17,18)19/h2-8H,1H3,(H2,20,21,22). The van der Waals surface area contributed by atoms with Crippen LogP contribution in [0.25, 0.3) is 0 Å². The number of alkyl halides is 3. The third-order valence-electron chi connectivity index (χ3n) is 2.82. The lowest BCUT2D eigenvalue weighted by molar-refractivity contribution is -0.137.